The lowest BCUT2D eigenvalue weighted by Gasteiger charge is -2.08. The number of aromatic nitrogens is 2. The minimum atomic E-state index is -1.05. The monoisotopic (exact) mass is 369 g/mol. The summed E-state index contributed by atoms with van der Waals surface area (Å²) in [5.74, 6) is -0.0885. The van der Waals surface area contributed by atoms with Crippen LogP contribution in [0.15, 0.2) is 27.7 Å². The van der Waals surface area contributed by atoms with Gasteiger partial charge >= 0.3 is 5.97 Å². The number of nitrogen functional groups attached to an aromatic ring is 1. The molecule has 0 bridgehead atoms. The summed E-state index contributed by atoms with van der Waals surface area (Å²) in [6, 6.07) is 5.68. The number of hydrogen-bond acceptors (Lipinski definition) is 4. The third kappa shape index (κ3) is 3.24. The molecule has 2 aromatic rings. The van der Waals surface area contributed by atoms with Crippen LogP contribution in [0.5, 0.6) is 0 Å². The highest BCUT2D eigenvalue weighted by atomic mass is 79.9. The Balaban J connectivity index is 2.56. The summed E-state index contributed by atoms with van der Waals surface area (Å²) in [6.45, 7) is 3.97. The first kappa shape index (κ1) is 15.9. The average Bonchev–Trinajstić information content (AvgIpc) is 2.73. The van der Waals surface area contributed by atoms with Crippen LogP contribution in [0.2, 0.25) is 0 Å². The fourth-order valence-electron chi connectivity index (χ4n) is 1.95. The fourth-order valence-corrected chi connectivity index (χ4v) is 3.30. The summed E-state index contributed by atoms with van der Waals surface area (Å²) in [7, 11) is 0. The summed E-state index contributed by atoms with van der Waals surface area (Å²) in [6.07, 6.45) is 0.938. The minimum absolute atomic E-state index is 0.0794. The molecule has 7 heteroatoms. The predicted molar refractivity (Wildman–Crippen MR) is 88.4 cm³/mol. The zero-order chi connectivity index (χ0) is 15.6. The number of thioether (sulfide) groups is 1. The van der Waals surface area contributed by atoms with Crippen molar-refractivity contribution in [2.24, 2.45) is 0 Å². The Hall–Kier alpha value is -1.47. The first-order valence-corrected chi connectivity index (χ1v) is 8.24. The quantitative estimate of drug-likeness (QED) is 0.784. The Kier molecular flexibility index (Phi) is 4.95. The molecule has 112 valence electrons. The molecule has 21 heavy (non-hydrogen) atoms. The zero-order valence-electron chi connectivity index (χ0n) is 11.8. The molecule has 1 heterocycles. The van der Waals surface area contributed by atoms with Gasteiger partial charge in [-0.25, -0.2) is 9.48 Å². The lowest BCUT2D eigenvalue weighted by molar-refractivity contribution is 0.0694. The van der Waals surface area contributed by atoms with Gasteiger partial charge in [0.2, 0.25) is 0 Å². The highest BCUT2D eigenvalue weighted by Gasteiger charge is 2.23. The highest BCUT2D eigenvalue weighted by molar-refractivity contribution is 9.10. The number of carboxylic acids is 1. The number of aromatic carboxylic acids is 1. The van der Waals surface area contributed by atoms with Crippen molar-refractivity contribution in [1.82, 2.24) is 9.78 Å². The molecule has 0 aliphatic heterocycles. The molecule has 0 saturated heterocycles. The first-order valence-electron chi connectivity index (χ1n) is 6.46. The molecule has 0 aliphatic carbocycles. The SMILES string of the molecule is CCCSc1nn(-c2ccc(Br)cc2C)c(N)c1C(=O)O. The number of nitrogens with zero attached hydrogens (tertiary/aromatic N) is 2. The van der Waals surface area contributed by atoms with Crippen molar-refractivity contribution in [1.29, 1.82) is 0 Å². The van der Waals surface area contributed by atoms with E-state index in [1.807, 2.05) is 32.0 Å². The number of aryl methyl sites for hydroxylation is 1. The van der Waals surface area contributed by atoms with Crippen molar-refractivity contribution >= 4 is 39.5 Å². The van der Waals surface area contributed by atoms with Gasteiger partial charge in [0.15, 0.2) is 0 Å². The van der Waals surface area contributed by atoms with Gasteiger partial charge in [-0.2, -0.15) is 5.10 Å². The van der Waals surface area contributed by atoms with Crippen LogP contribution < -0.4 is 5.73 Å². The average molecular weight is 370 g/mol. The van der Waals surface area contributed by atoms with Gasteiger partial charge < -0.3 is 10.8 Å². The number of carbonyl (C=O) groups is 1. The fraction of sp³-hybridized carbons (Fsp3) is 0.286. The van der Waals surface area contributed by atoms with Crippen LogP contribution in [-0.4, -0.2) is 26.6 Å². The van der Waals surface area contributed by atoms with Crippen LogP contribution >= 0.6 is 27.7 Å². The number of benzene rings is 1. The van der Waals surface area contributed by atoms with E-state index in [2.05, 4.69) is 21.0 Å². The molecule has 0 fully saturated rings. The molecule has 2 rings (SSSR count). The van der Waals surface area contributed by atoms with Crippen LogP contribution in [0.3, 0.4) is 0 Å². The van der Waals surface area contributed by atoms with E-state index in [0.29, 0.717) is 5.03 Å². The van der Waals surface area contributed by atoms with Crippen LogP contribution in [0.1, 0.15) is 29.3 Å². The molecule has 0 amide bonds. The number of halogens is 1. The van der Waals surface area contributed by atoms with Crippen molar-refractivity contribution in [3.05, 3.63) is 33.8 Å². The molecular formula is C14H16BrN3O2S. The summed E-state index contributed by atoms with van der Waals surface area (Å²) in [5.41, 5.74) is 7.83. The van der Waals surface area contributed by atoms with Crippen molar-refractivity contribution in [2.45, 2.75) is 25.3 Å². The molecular weight excluding hydrogens is 354 g/mol. The van der Waals surface area contributed by atoms with E-state index in [4.69, 9.17) is 5.73 Å². The van der Waals surface area contributed by atoms with Gasteiger partial charge in [0.05, 0.1) is 5.69 Å². The van der Waals surface area contributed by atoms with E-state index in [1.165, 1.54) is 16.4 Å². The number of rotatable bonds is 5. The Bertz CT molecular complexity index is 685. The van der Waals surface area contributed by atoms with Crippen LogP contribution in [0.4, 0.5) is 5.82 Å². The van der Waals surface area contributed by atoms with E-state index in [9.17, 15) is 9.90 Å². The molecule has 0 spiro atoms. The maximum Gasteiger partial charge on any atom is 0.342 e. The van der Waals surface area contributed by atoms with Crippen molar-refractivity contribution < 1.29 is 9.90 Å². The standard InChI is InChI=1S/C14H16BrN3O2S/c1-3-6-21-13-11(14(19)20)12(16)18(17-13)10-5-4-9(15)7-8(10)2/h4-5,7H,3,6,16H2,1-2H3,(H,19,20). The van der Waals surface area contributed by atoms with Gasteiger partial charge in [-0.3, -0.25) is 0 Å². The van der Waals surface area contributed by atoms with E-state index >= 15 is 0 Å². The van der Waals surface area contributed by atoms with Gasteiger partial charge in [0.25, 0.3) is 0 Å². The molecule has 1 aromatic heterocycles. The molecule has 3 N–H and O–H groups in total. The molecule has 0 atom stereocenters. The second-order valence-electron chi connectivity index (χ2n) is 4.56. The van der Waals surface area contributed by atoms with E-state index < -0.39 is 5.97 Å². The third-order valence-electron chi connectivity index (χ3n) is 2.93. The normalized spacial score (nSPS) is 10.8. The number of hydrogen-bond donors (Lipinski definition) is 2. The Morgan fingerprint density at radius 1 is 1.52 bits per heavy atom. The summed E-state index contributed by atoms with van der Waals surface area (Å²) in [4.78, 5) is 11.4. The van der Waals surface area contributed by atoms with Gasteiger partial charge in [-0.05, 0) is 42.9 Å². The molecule has 0 saturated carbocycles. The zero-order valence-corrected chi connectivity index (χ0v) is 14.2. The molecule has 0 aliphatic rings. The lowest BCUT2D eigenvalue weighted by Crippen LogP contribution is -2.06. The summed E-state index contributed by atoms with van der Waals surface area (Å²) in [5, 5.41) is 14.2. The maximum absolute atomic E-state index is 11.4. The Morgan fingerprint density at radius 2 is 2.24 bits per heavy atom. The van der Waals surface area contributed by atoms with Gasteiger partial charge in [0, 0.05) is 4.47 Å². The maximum atomic E-state index is 11.4. The van der Waals surface area contributed by atoms with Crippen molar-refractivity contribution in [3.63, 3.8) is 0 Å². The van der Waals surface area contributed by atoms with Crippen LogP contribution in [0, 0.1) is 6.92 Å². The third-order valence-corrected chi connectivity index (χ3v) is 4.60. The summed E-state index contributed by atoms with van der Waals surface area (Å²) >= 11 is 4.82. The molecule has 1 aromatic carbocycles. The van der Waals surface area contributed by atoms with Crippen molar-refractivity contribution in [3.8, 4) is 5.69 Å². The number of nitrogens with two attached hydrogens (primary N) is 1. The van der Waals surface area contributed by atoms with Crippen LogP contribution in [0.25, 0.3) is 5.69 Å². The smallest absolute Gasteiger partial charge is 0.342 e. The van der Waals surface area contributed by atoms with E-state index in [0.717, 1.165) is 27.9 Å². The van der Waals surface area contributed by atoms with Gasteiger partial charge in [0.1, 0.15) is 16.4 Å². The first-order chi connectivity index (χ1) is 9.95. The van der Waals surface area contributed by atoms with Gasteiger partial charge in [-0.15, -0.1) is 11.8 Å². The van der Waals surface area contributed by atoms with E-state index in [1.54, 1.807) is 0 Å². The lowest BCUT2D eigenvalue weighted by atomic mass is 10.2. The second-order valence-corrected chi connectivity index (χ2v) is 6.56. The predicted octanol–water partition coefficient (Wildman–Crippen LogP) is 3.73. The number of anilines is 1. The molecule has 0 radical (unpaired) electrons. The number of carboxylic acid groups (broad SMARTS) is 1. The topological polar surface area (TPSA) is 81.1 Å². The second kappa shape index (κ2) is 6.53. The van der Waals surface area contributed by atoms with Gasteiger partial charge in [-0.1, -0.05) is 22.9 Å². The molecule has 5 nitrogen and oxygen atoms in total. The van der Waals surface area contributed by atoms with E-state index in [-0.39, 0.29) is 11.4 Å². The summed E-state index contributed by atoms with van der Waals surface area (Å²) < 4.78 is 2.46. The van der Waals surface area contributed by atoms with Crippen LogP contribution in [-0.2, 0) is 0 Å². The highest BCUT2D eigenvalue weighted by Crippen LogP contribution is 2.30. The molecule has 0 unspecified atom stereocenters. The largest absolute Gasteiger partial charge is 0.477 e. The Labute approximate surface area is 135 Å². The Morgan fingerprint density at radius 3 is 2.81 bits per heavy atom. The van der Waals surface area contributed by atoms with Crippen molar-refractivity contribution in [2.75, 3.05) is 11.5 Å². The minimum Gasteiger partial charge on any atom is -0.477 e.